The molecule has 4 aliphatic rings. The highest BCUT2D eigenvalue weighted by Gasteiger charge is 2.58. The van der Waals surface area contributed by atoms with Crippen molar-refractivity contribution in [3.8, 4) is 0 Å². The van der Waals surface area contributed by atoms with E-state index in [0.29, 0.717) is 18.3 Å². The predicted molar refractivity (Wildman–Crippen MR) is 92.3 cm³/mol. The molecule has 4 rings (SSSR count). The predicted octanol–water partition coefficient (Wildman–Crippen LogP) is 4.45. The number of fused-ring (bicyclic) bond motifs is 5. The summed E-state index contributed by atoms with van der Waals surface area (Å²) in [5.41, 5.74) is 1.92. The van der Waals surface area contributed by atoms with Crippen LogP contribution >= 0.6 is 0 Å². The van der Waals surface area contributed by atoms with Gasteiger partial charge in [0.2, 0.25) is 0 Å². The van der Waals surface area contributed by atoms with E-state index in [2.05, 4.69) is 6.92 Å². The molecule has 0 N–H and O–H groups in total. The van der Waals surface area contributed by atoms with Crippen LogP contribution in [0.15, 0.2) is 11.6 Å². The average Bonchev–Trinajstić information content (AvgIpc) is 2.98. The summed E-state index contributed by atoms with van der Waals surface area (Å²) in [6, 6.07) is 0. The molecule has 0 aliphatic heterocycles. The van der Waals surface area contributed by atoms with Crippen LogP contribution in [-0.4, -0.2) is 18.4 Å². The number of allylic oxidation sites excluding steroid dienone is 1. The molecule has 0 spiro atoms. The number of rotatable bonds is 2. The number of ketones is 1. The van der Waals surface area contributed by atoms with E-state index in [4.69, 9.17) is 4.74 Å². The van der Waals surface area contributed by atoms with Crippen LogP contribution in [0.2, 0.25) is 0 Å². The Kier molecular flexibility index (Phi) is 3.89. The van der Waals surface area contributed by atoms with Crippen molar-refractivity contribution in [1.29, 1.82) is 0 Å². The molecule has 0 saturated heterocycles. The fourth-order valence-electron chi connectivity index (χ4n) is 6.85. The zero-order valence-corrected chi connectivity index (χ0v) is 15.1. The Bertz CT molecular complexity index is 592. The first-order valence-corrected chi connectivity index (χ1v) is 9.82. The molecular weight excluding hydrogens is 300 g/mol. The van der Waals surface area contributed by atoms with Crippen LogP contribution in [-0.2, 0) is 14.3 Å². The van der Waals surface area contributed by atoms with Crippen LogP contribution in [0.4, 0.5) is 0 Å². The Morgan fingerprint density at radius 3 is 2.79 bits per heavy atom. The van der Waals surface area contributed by atoms with Crippen molar-refractivity contribution in [2.75, 3.05) is 6.61 Å². The highest BCUT2D eigenvalue weighted by atomic mass is 16.5. The highest BCUT2D eigenvalue weighted by molar-refractivity contribution is 5.91. The fraction of sp³-hybridized carbons (Fsp3) is 0.810. The summed E-state index contributed by atoms with van der Waals surface area (Å²) in [6.07, 6.45) is 12.3. The van der Waals surface area contributed by atoms with Gasteiger partial charge in [-0.1, -0.05) is 18.9 Å². The van der Waals surface area contributed by atoms with Crippen LogP contribution in [0.1, 0.15) is 71.6 Å². The first kappa shape index (κ1) is 16.4. The minimum absolute atomic E-state index is 0.135. The van der Waals surface area contributed by atoms with Gasteiger partial charge in [-0.3, -0.25) is 9.59 Å². The standard InChI is InChI=1S/C21H30O3/c1-14(22)24-13-21-9-3-4-19(21)17-6-5-15-12-16(23)7-10-20(15,2)18(17)8-11-21/h12,17-19H,3-11,13H2,1-2H3/t17-,18+,19+,20+,21+/m1/s1. The summed E-state index contributed by atoms with van der Waals surface area (Å²) in [5.74, 6) is 2.39. The monoisotopic (exact) mass is 330 g/mol. The summed E-state index contributed by atoms with van der Waals surface area (Å²) in [5, 5.41) is 0. The molecule has 3 fully saturated rings. The first-order valence-electron chi connectivity index (χ1n) is 9.82. The zero-order valence-electron chi connectivity index (χ0n) is 15.1. The lowest BCUT2D eigenvalue weighted by Gasteiger charge is -2.57. The third kappa shape index (κ3) is 2.38. The number of ether oxygens (including phenoxy) is 1. The Hall–Kier alpha value is -1.12. The van der Waals surface area contributed by atoms with Gasteiger partial charge in [-0.15, -0.1) is 0 Å². The normalized spacial score (nSPS) is 44.2. The van der Waals surface area contributed by atoms with E-state index in [-0.39, 0.29) is 16.8 Å². The van der Waals surface area contributed by atoms with Gasteiger partial charge in [-0.2, -0.15) is 0 Å². The Morgan fingerprint density at radius 2 is 2.00 bits per heavy atom. The topological polar surface area (TPSA) is 43.4 Å². The van der Waals surface area contributed by atoms with E-state index in [1.54, 1.807) is 0 Å². The van der Waals surface area contributed by atoms with Crippen molar-refractivity contribution < 1.29 is 14.3 Å². The van der Waals surface area contributed by atoms with Crippen molar-refractivity contribution in [3.05, 3.63) is 11.6 Å². The number of hydrogen-bond donors (Lipinski definition) is 0. The summed E-state index contributed by atoms with van der Waals surface area (Å²) in [6.45, 7) is 4.59. The summed E-state index contributed by atoms with van der Waals surface area (Å²) < 4.78 is 5.52. The van der Waals surface area contributed by atoms with Gasteiger partial charge in [0.1, 0.15) is 0 Å². The van der Waals surface area contributed by atoms with Crippen LogP contribution in [0, 0.1) is 28.6 Å². The number of hydrogen-bond acceptors (Lipinski definition) is 3. The molecule has 0 radical (unpaired) electrons. The van der Waals surface area contributed by atoms with Crippen molar-refractivity contribution in [2.24, 2.45) is 28.6 Å². The van der Waals surface area contributed by atoms with E-state index >= 15 is 0 Å². The Labute approximate surface area is 145 Å². The zero-order chi connectivity index (χ0) is 16.9. The Morgan fingerprint density at radius 1 is 1.17 bits per heavy atom. The van der Waals surface area contributed by atoms with Crippen molar-refractivity contribution >= 4 is 11.8 Å². The maximum atomic E-state index is 11.9. The molecule has 0 amide bonds. The van der Waals surface area contributed by atoms with E-state index in [1.165, 1.54) is 51.0 Å². The quantitative estimate of drug-likeness (QED) is 0.703. The molecule has 0 heterocycles. The fourth-order valence-corrected chi connectivity index (χ4v) is 6.85. The second-order valence-electron chi connectivity index (χ2n) is 9.04. The summed E-state index contributed by atoms with van der Waals surface area (Å²) in [4.78, 5) is 23.2. The van der Waals surface area contributed by atoms with Crippen LogP contribution in [0.25, 0.3) is 0 Å². The van der Waals surface area contributed by atoms with Crippen LogP contribution < -0.4 is 0 Å². The van der Waals surface area contributed by atoms with E-state index in [9.17, 15) is 9.59 Å². The molecule has 3 heteroatoms. The molecule has 132 valence electrons. The lowest BCUT2D eigenvalue weighted by Crippen LogP contribution is -2.51. The molecule has 0 aromatic heterocycles. The Balaban J connectivity index is 1.61. The van der Waals surface area contributed by atoms with Gasteiger partial charge in [0, 0.05) is 18.8 Å². The largest absolute Gasteiger partial charge is 0.465 e. The van der Waals surface area contributed by atoms with E-state index in [1.807, 2.05) is 6.08 Å². The minimum atomic E-state index is -0.135. The molecule has 0 unspecified atom stereocenters. The van der Waals surface area contributed by atoms with Gasteiger partial charge in [-0.25, -0.2) is 0 Å². The van der Waals surface area contributed by atoms with Crippen molar-refractivity contribution in [3.63, 3.8) is 0 Å². The van der Waals surface area contributed by atoms with Gasteiger partial charge in [0.15, 0.2) is 5.78 Å². The van der Waals surface area contributed by atoms with Gasteiger partial charge >= 0.3 is 5.97 Å². The van der Waals surface area contributed by atoms with Crippen LogP contribution in [0.5, 0.6) is 0 Å². The second kappa shape index (κ2) is 5.71. The summed E-state index contributed by atoms with van der Waals surface area (Å²) >= 11 is 0. The number of carbonyl (C=O) groups excluding carboxylic acids is 2. The SMILES string of the molecule is CC(=O)OC[C@@]12CCC[C@H]1[C@@H]1CCC3=CC(=O)CC[C@]3(C)[C@H]1CC2. The molecule has 3 saturated carbocycles. The summed E-state index contributed by atoms with van der Waals surface area (Å²) in [7, 11) is 0. The smallest absolute Gasteiger partial charge is 0.302 e. The average molecular weight is 330 g/mol. The van der Waals surface area contributed by atoms with E-state index < -0.39 is 0 Å². The molecule has 24 heavy (non-hydrogen) atoms. The van der Waals surface area contributed by atoms with Gasteiger partial charge < -0.3 is 4.74 Å². The molecule has 5 atom stereocenters. The molecule has 4 aliphatic carbocycles. The number of esters is 1. The lowest BCUT2D eigenvalue weighted by atomic mass is 9.47. The highest BCUT2D eigenvalue weighted by Crippen LogP contribution is 2.65. The van der Waals surface area contributed by atoms with Crippen molar-refractivity contribution in [2.45, 2.75) is 71.6 Å². The molecule has 3 nitrogen and oxygen atoms in total. The molecule has 0 aromatic rings. The minimum Gasteiger partial charge on any atom is -0.465 e. The number of carbonyl (C=O) groups is 2. The molecule has 0 bridgehead atoms. The third-order valence-electron chi connectivity index (χ3n) is 8.05. The van der Waals surface area contributed by atoms with Crippen LogP contribution in [0.3, 0.4) is 0 Å². The second-order valence-corrected chi connectivity index (χ2v) is 9.04. The maximum Gasteiger partial charge on any atom is 0.302 e. The third-order valence-corrected chi connectivity index (χ3v) is 8.05. The van der Waals surface area contributed by atoms with Gasteiger partial charge in [0.05, 0.1) is 6.61 Å². The molecule has 0 aromatic carbocycles. The van der Waals surface area contributed by atoms with E-state index in [0.717, 1.165) is 31.1 Å². The van der Waals surface area contributed by atoms with Gasteiger partial charge in [0.25, 0.3) is 0 Å². The molecular formula is C21H30O3. The van der Waals surface area contributed by atoms with Crippen molar-refractivity contribution in [1.82, 2.24) is 0 Å². The lowest BCUT2D eigenvalue weighted by molar-refractivity contribution is -0.150. The maximum absolute atomic E-state index is 11.9. The first-order chi connectivity index (χ1) is 11.4. The van der Waals surface area contributed by atoms with Gasteiger partial charge in [-0.05, 0) is 74.2 Å².